The van der Waals surface area contributed by atoms with Crippen molar-refractivity contribution in [2.75, 3.05) is 13.7 Å². The van der Waals surface area contributed by atoms with Gasteiger partial charge in [-0.25, -0.2) is 4.79 Å². The maximum atomic E-state index is 11.8. The van der Waals surface area contributed by atoms with Crippen LogP contribution < -0.4 is 15.4 Å². The summed E-state index contributed by atoms with van der Waals surface area (Å²) >= 11 is 0. The largest absolute Gasteiger partial charge is 0.497 e. The SMILES string of the molecule is COc1ccc(C(C)NC(=O)NC2CCCO2)cc1. The monoisotopic (exact) mass is 264 g/mol. The van der Waals surface area contributed by atoms with Crippen LogP contribution in [0.25, 0.3) is 0 Å². The molecule has 1 heterocycles. The molecule has 2 amide bonds. The molecule has 1 aliphatic rings. The van der Waals surface area contributed by atoms with Gasteiger partial charge in [-0.15, -0.1) is 0 Å². The molecule has 5 heteroatoms. The molecule has 1 aromatic rings. The zero-order valence-electron chi connectivity index (χ0n) is 11.3. The quantitative estimate of drug-likeness (QED) is 0.876. The molecule has 0 bridgehead atoms. The summed E-state index contributed by atoms with van der Waals surface area (Å²) in [4.78, 5) is 11.8. The normalized spacial score (nSPS) is 19.8. The highest BCUT2D eigenvalue weighted by Gasteiger charge is 2.18. The van der Waals surface area contributed by atoms with Gasteiger partial charge < -0.3 is 20.1 Å². The van der Waals surface area contributed by atoms with Crippen molar-refractivity contribution in [3.05, 3.63) is 29.8 Å². The average molecular weight is 264 g/mol. The van der Waals surface area contributed by atoms with Crippen LogP contribution in [-0.4, -0.2) is 26.0 Å². The van der Waals surface area contributed by atoms with Crippen molar-refractivity contribution in [1.29, 1.82) is 0 Å². The highest BCUT2D eigenvalue weighted by molar-refractivity contribution is 5.74. The number of ether oxygens (including phenoxy) is 2. The maximum Gasteiger partial charge on any atom is 0.317 e. The molecule has 2 atom stereocenters. The smallest absolute Gasteiger partial charge is 0.317 e. The van der Waals surface area contributed by atoms with E-state index in [-0.39, 0.29) is 18.3 Å². The Kier molecular flexibility index (Phi) is 4.63. The third-order valence-corrected chi connectivity index (χ3v) is 3.19. The van der Waals surface area contributed by atoms with Crippen molar-refractivity contribution in [2.24, 2.45) is 0 Å². The Morgan fingerprint density at radius 2 is 2.16 bits per heavy atom. The fraction of sp³-hybridized carbons (Fsp3) is 0.500. The second kappa shape index (κ2) is 6.43. The molecular formula is C14H20N2O3. The lowest BCUT2D eigenvalue weighted by atomic mass is 10.1. The molecule has 1 saturated heterocycles. The van der Waals surface area contributed by atoms with Crippen molar-refractivity contribution < 1.29 is 14.3 Å². The first-order valence-corrected chi connectivity index (χ1v) is 6.51. The molecule has 0 spiro atoms. The van der Waals surface area contributed by atoms with Gasteiger partial charge in [0, 0.05) is 6.61 Å². The van der Waals surface area contributed by atoms with Crippen molar-refractivity contribution in [2.45, 2.75) is 32.0 Å². The number of benzene rings is 1. The predicted octanol–water partition coefficient (Wildman–Crippen LogP) is 2.19. The Bertz CT molecular complexity index is 413. The van der Waals surface area contributed by atoms with E-state index in [1.54, 1.807) is 7.11 Å². The third-order valence-electron chi connectivity index (χ3n) is 3.19. The molecule has 0 aliphatic carbocycles. The summed E-state index contributed by atoms with van der Waals surface area (Å²) in [6.45, 7) is 2.66. The number of hydrogen-bond acceptors (Lipinski definition) is 3. The van der Waals surface area contributed by atoms with Gasteiger partial charge in [0.05, 0.1) is 13.2 Å². The molecule has 2 unspecified atom stereocenters. The zero-order valence-corrected chi connectivity index (χ0v) is 11.3. The number of hydrogen-bond donors (Lipinski definition) is 2. The fourth-order valence-electron chi connectivity index (χ4n) is 2.05. The van der Waals surface area contributed by atoms with Crippen molar-refractivity contribution in [3.63, 3.8) is 0 Å². The Balaban J connectivity index is 1.84. The van der Waals surface area contributed by atoms with Gasteiger partial charge in [-0.1, -0.05) is 12.1 Å². The lowest BCUT2D eigenvalue weighted by Gasteiger charge is -2.17. The predicted molar refractivity (Wildman–Crippen MR) is 72.1 cm³/mol. The number of urea groups is 1. The van der Waals surface area contributed by atoms with Gasteiger partial charge in [-0.05, 0) is 37.5 Å². The topological polar surface area (TPSA) is 59.6 Å². The highest BCUT2D eigenvalue weighted by Crippen LogP contribution is 2.17. The molecule has 2 N–H and O–H groups in total. The molecule has 19 heavy (non-hydrogen) atoms. The van der Waals surface area contributed by atoms with Gasteiger partial charge in [0.25, 0.3) is 0 Å². The minimum Gasteiger partial charge on any atom is -0.497 e. The molecule has 0 radical (unpaired) electrons. The first kappa shape index (κ1) is 13.7. The number of rotatable bonds is 4. The lowest BCUT2D eigenvalue weighted by Crippen LogP contribution is -2.42. The van der Waals surface area contributed by atoms with E-state index in [1.165, 1.54) is 0 Å². The van der Waals surface area contributed by atoms with Crippen LogP contribution in [0.2, 0.25) is 0 Å². The van der Waals surface area contributed by atoms with E-state index in [0.29, 0.717) is 0 Å². The summed E-state index contributed by atoms with van der Waals surface area (Å²) in [5.41, 5.74) is 1.03. The van der Waals surface area contributed by atoms with Crippen LogP contribution in [0, 0.1) is 0 Å². The maximum absolute atomic E-state index is 11.8. The third kappa shape index (κ3) is 3.86. The Morgan fingerprint density at radius 1 is 1.42 bits per heavy atom. The van der Waals surface area contributed by atoms with Crippen LogP contribution in [0.1, 0.15) is 31.4 Å². The summed E-state index contributed by atoms with van der Waals surface area (Å²) in [5.74, 6) is 0.805. The first-order chi connectivity index (χ1) is 9.19. The van der Waals surface area contributed by atoms with Crippen LogP contribution in [-0.2, 0) is 4.74 Å². The number of nitrogens with one attached hydrogen (secondary N) is 2. The standard InChI is InChI=1S/C14H20N2O3/c1-10(11-5-7-12(18-2)8-6-11)15-14(17)16-13-4-3-9-19-13/h5-8,10,13H,3-4,9H2,1-2H3,(H2,15,16,17). The van der Waals surface area contributed by atoms with Gasteiger partial charge in [0.15, 0.2) is 0 Å². The van der Waals surface area contributed by atoms with E-state index in [1.807, 2.05) is 31.2 Å². The van der Waals surface area contributed by atoms with Crippen molar-refractivity contribution in [1.82, 2.24) is 10.6 Å². The van der Waals surface area contributed by atoms with Gasteiger partial charge >= 0.3 is 6.03 Å². The van der Waals surface area contributed by atoms with Crippen molar-refractivity contribution >= 4 is 6.03 Å². The molecule has 1 fully saturated rings. The second-order valence-electron chi connectivity index (χ2n) is 4.61. The number of carbonyl (C=O) groups excluding carboxylic acids is 1. The minimum atomic E-state index is -0.199. The summed E-state index contributed by atoms with van der Waals surface area (Å²) in [6, 6.07) is 7.38. The first-order valence-electron chi connectivity index (χ1n) is 6.51. The number of amides is 2. The molecule has 0 aromatic heterocycles. The molecule has 104 valence electrons. The van der Waals surface area contributed by atoms with Crippen LogP contribution >= 0.6 is 0 Å². The average Bonchev–Trinajstić information content (AvgIpc) is 2.91. The molecule has 1 aliphatic heterocycles. The van der Waals surface area contributed by atoms with Crippen molar-refractivity contribution in [3.8, 4) is 5.75 Å². The molecule has 5 nitrogen and oxygen atoms in total. The van der Waals surface area contributed by atoms with Gasteiger partial charge in [-0.3, -0.25) is 0 Å². The van der Waals surface area contributed by atoms with E-state index in [2.05, 4.69) is 10.6 Å². The van der Waals surface area contributed by atoms with Crippen LogP contribution in [0.15, 0.2) is 24.3 Å². The summed E-state index contributed by atoms with van der Waals surface area (Å²) < 4.78 is 10.5. The minimum absolute atomic E-state index is 0.0627. The fourth-order valence-corrected chi connectivity index (χ4v) is 2.05. The Morgan fingerprint density at radius 3 is 2.74 bits per heavy atom. The number of carbonyl (C=O) groups is 1. The Hall–Kier alpha value is -1.75. The van der Waals surface area contributed by atoms with Crippen LogP contribution in [0.4, 0.5) is 4.79 Å². The highest BCUT2D eigenvalue weighted by atomic mass is 16.5. The molecule has 2 rings (SSSR count). The second-order valence-corrected chi connectivity index (χ2v) is 4.61. The van der Waals surface area contributed by atoms with E-state index >= 15 is 0 Å². The van der Waals surface area contributed by atoms with Crippen LogP contribution in [0.5, 0.6) is 5.75 Å². The summed E-state index contributed by atoms with van der Waals surface area (Å²) in [6.07, 6.45) is 1.73. The Labute approximate surface area is 113 Å². The lowest BCUT2D eigenvalue weighted by molar-refractivity contribution is 0.0903. The van der Waals surface area contributed by atoms with Gasteiger partial charge in [0.2, 0.25) is 0 Å². The van der Waals surface area contributed by atoms with E-state index in [9.17, 15) is 4.79 Å². The molecule has 0 saturated carbocycles. The van der Waals surface area contributed by atoms with Gasteiger partial charge in [0.1, 0.15) is 12.0 Å². The zero-order chi connectivity index (χ0) is 13.7. The van der Waals surface area contributed by atoms with E-state index in [4.69, 9.17) is 9.47 Å². The van der Waals surface area contributed by atoms with Crippen LogP contribution in [0.3, 0.4) is 0 Å². The molecule has 1 aromatic carbocycles. The van der Waals surface area contributed by atoms with E-state index < -0.39 is 0 Å². The van der Waals surface area contributed by atoms with Gasteiger partial charge in [-0.2, -0.15) is 0 Å². The number of methoxy groups -OCH3 is 1. The van der Waals surface area contributed by atoms with E-state index in [0.717, 1.165) is 30.8 Å². The summed E-state index contributed by atoms with van der Waals surface area (Å²) in [7, 11) is 1.63. The summed E-state index contributed by atoms with van der Waals surface area (Å²) in [5, 5.41) is 5.69. The molecular weight excluding hydrogens is 244 g/mol.